The number of hydrogen-bond acceptors (Lipinski definition) is 4. The molecule has 4 rings (SSSR count). The van der Waals surface area contributed by atoms with E-state index in [1.807, 2.05) is 13.0 Å². The average molecular weight is 642 g/mol. The third-order valence-corrected chi connectivity index (χ3v) is 10.4. The monoisotopic (exact) mass is 641 g/mol. The van der Waals surface area contributed by atoms with Crippen molar-refractivity contribution in [3.63, 3.8) is 0 Å². The molecule has 4 unspecified atom stereocenters. The molecule has 1 fully saturated rings. The quantitative estimate of drug-likeness (QED) is 0.167. The third-order valence-electron chi connectivity index (χ3n) is 10.4. The van der Waals surface area contributed by atoms with Gasteiger partial charge in [-0.05, 0) is 91.2 Å². The highest BCUT2D eigenvalue weighted by Crippen LogP contribution is 2.58. The summed E-state index contributed by atoms with van der Waals surface area (Å²) in [6, 6.07) is 4.04. The molecule has 0 spiro atoms. The van der Waals surface area contributed by atoms with Gasteiger partial charge in [0.25, 0.3) is 5.69 Å². The van der Waals surface area contributed by atoms with Crippen LogP contribution in [0.3, 0.4) is 0 Å². The molecule has 2 heterocycles. The zero-order valence-corrected chi connectivity index (χ0v) is 30.3. The maximum absolute atomic E-state index is 13.6. The molecule has 0 radical (unpaired) electrons. The van der Waals surface area contributed by atoms with Crippen LogP contribution in [0.5, 0.6) is 11.6 Å². The van der Waals surface area contributed by atoms with Crippen LogP contribution in [-0.2, 0) is 6.42 Å². The zero-order valence-electron chi connectivity index (χ0n) is 30.3. The Morgan fingerprint density at radius 2 is 1.89 bits per heavy atom. The maximum atomic E-state index is 13.6. The van der Waals surface area contributed by atoms with E-state index in [-0.39, 0.29) is 29.8 Å². The van der Waals surface area contributed by atoms with Crippen molar-refractivity contribution >= 4 is 17.4 Å². The van der Waals surface area contributed by atoms with Gasteiger partial charge in [-0.1, -0.05) is 66.7 Å². The van der Waals surface area contributed by atoms with E-state index in [1.54, 1.807) is 23.8 Å². The van der Waals surface area contributed by atoms with Gasteiger partial charge in [-0.3, -0.25) is 5.10 Å². The number of hydrogen-bond donors (Lipinski definition) is 1. The van der Waals surface area contributed by atoms with Crippen LogP contribution in [0.2, 0.25) is 0 Å². The van der Waals surface area contributed by atoms with Gasteiger partial charge < -0.3 is 14.4 Å². The number of aromatic nitrogens is 3. The number of rotatable bonds is 11. The fourth-order valence-corrected chi connectivity index (χ4v) is 8.18. The Morgan fingerprint density at radius 3 is 2.45 bits per heavy atom. The number of carbonyl (C=O) groups is 1. The van der Waals surface area contributed by atoms with Gasteiger partial charge in [0.15, 0.2) is 5.82 Å². The summed E-state index contributed by atoms with van der Waals surface area (Å²) in [5, 5.41) is 3.39. The average Bonchev–Trinajstić information content (AvgIpc) is 3.53. The minimum Gasteiger partial charge on any atom is -0.496 e. The molecule has 1 aromatic carbocycles. The molecule has 8 nitrogen and oxygen atoms in total. The minimum atomic E-state index is -0.580. The molecular formula is C39H55N5O3. The number of nitrogens with one attached hydrogen (secondary N) is 1. The predicted octanol–water partition coefficient (Wildman–Crippen LogP) is 9.98. The second kappa shape index (κ2) is 14.0. The van der Waals surface area contributed by atoms with E-state index in [9.17, 15) is 4.79 Å². The van der Waals surface area contributed by atoms with Gasteiger partial charge in [-0.15, -0.1) is 13.2 Å². The molecule has 1 aliphatic carbocycles. The van der Waals surface area contributed by atoms with E-state index < -0.39 is 6.09 Å². The van der Waals surface area contributed by atoms with Crippen molar-refractivity contribution < 1.29 is 14.3 Å². The molecular weight excluding hydrogens is 586 g/mol. The van der Waals surface area contributed by atoms with Crippen LogP contribution < -0.4 is 9.47 Å². The summed E-state index contributed by atoms with van der Waals surface area (Å²) in [5.74, 6) is 3.50. The van der Waals surface area contributed by atoms with Gasteiger partial charge in [-0.2, -0.15) is 0 Å². The molecule has 1 aliphatic rings. The summed E-state index contributed by atoms with van der Waals surface area (Å²) in [6.07, 6.45) is 6.75. The van der Waals surface area contributed by atoms with E-state index in [2.05, 4.69) is 84.6 Å². The number of carbonyl (C=O) groups excluding carboxylic acids is 1. The summed E-state index contributed by atoms with van der Waals surface area (Å²) in [6.45, 7) is 37.1. The first-order chi connectivity index (χ1) is 22.1. The van der Waals surface area contributed by atoms with Gasteiger partial charge in [0.05, 0.1) is 19.2 Å². The molecule has 2 aromatic heterocycles. The van der Waals surface area contributed by atoms with Gasteiger partial charge >= 0.3 is 6.09 Å². The lowest BCUT2D eigenvalue weighted by molar-refractivity contribution is -0.0513. The van der Waals surface area contributed by atoms with Crippen LogP contribution in [0.25, 0.3) is 21.9 Å². The number of methoxy groups -OCH3 is 1. The molecule has 0 aliphatic heterocycles. The van der Waals surface area contributed by atoms with Crippen molar-refractivity contribution in [2.45, 2.75) is 88.0 Å². The van der Waals surface area contributed by atoms with Gasteiger partial charge in [0.2, 0.25) is 5.88 Å². The summed E-state index contributed by atoms with van der Waals surface area (Å²) in [4.78, 5) is 24.2. The van der Waals surface area contributed by atoms with E-state index in [4.69, 9.17) is 21.0 Å². The Morgan fingerprint density at radius 1 is 1.23 bits per heavy atom. The lowest BCUT2D eigenvalue weighted by atomic mass is 9.50. The third kappa shape index (κ3) is 7.00. The summed E-state index contributed by atoms with van der Waals surface area (Å²) in [7, 11) is 1.66. The fraction of sp³-hybridized carbons (Fsp3) is 0.564. The normalized spacial score (nSPS) is 21.4. The van der Waals surface area contributed by atoms with Crippen molar-refractivity contribution in [3.05, 3.63) is 65.6 Å². The summed E-state index contributed by atoms with van der Waals surface area (Å²) < 4.78 is 13.7. The molecule has 47 heavy (non-hydrogen) atoms. The zero-order chi connectivity index (χ0) is 34.8. The van der Waals surface area contributed by atoms with Crippen LogP contribution in [0.1, 0.15) is 84.4 Å². The molecule has 254 valence electrons. The Bertz CT molecular complexity index is 1650. The number of fused-ring (bicyclic) bond motifs is 1. The number of amides is 1. The lowest BCUT2D eigenvalue weighted by Gasteiger charge is -2.55. The van der Waals surface area contributed by atoms with Crippen LogP contribution in [0, 0.1) is 54.9 Å². The van der Waals surface area contributed by atoms with Gasteiger partial charge in [-0.25, -0.2) is 19.1 Å². The molecule has 3 aromatic rings. The number of nitrogens with zero attached hydrogens (tertiary/aromatic N) is 4. The van der Waals surface area contributed by atoms with Crippen LogP contribution in [0.4, 0.5) is 10.5 Å². The number of H-pyrrole nitrogens is 1. The van der Waals surface area contributed by atoms with Crippen molar-refractivity contribution in [2.75, 3.05) is 20.2 Å². The molecule has 0 saturated heterocycles. The second-order valence-electron chi connectivity index (χ2n) is 15.4. The first-order valence-corrected chi connectivity index (χ1v) is 16.9. The number of aromatic amines is 1. The highest BCUT2D eigenvalue weighted by molar-refractivity contribution is 5.81. The molecule has 0 bridgehead atoms. The number of ether oxygens (including phenoxy) is 2. The van der Waals surface area contributed by atoms with Gasteiger partial charge in [0, 0.05) is 18.7 Å². The first-order valence-electron chi connectivity index (χ1n) is 16.9. The van der Waals surface area contributed by atoms with E-state index >= 15 is 0 Å². The number of aryl methyl sites for hydroxylation is 1. The molecule has 4 atom stereocenters. The fourth-order valence-electron chi connectivity index (χ4n) is 8.18. The van der Waals surface area contributed by atoms with Crippen LogP contribution in [0.15, 0.2) is 37.4 Å². The largest absolute Gasteiger partial charge is 0.496 e. The Kier molecular flexibility index (Phi) is 10.7. The first kappa shape index (κ1) is 35.9. The van der Waals surface area contributed by atoms with Crippen molar-refractivity contribution in [1.29, 1.82) is 0 Å². The van der Waals surface area contributed by atoms with Crippen LogP contribution >= 0.6 is 0 Å². The van der Waals surface area contributed by atoms with E-state index in [0.717, 1.165) is 47.3 Å². The highest BCUT2D eigenvalue weighted by Gasteiger charge is 2.51. The molecule has 1 amide bonds. The Labute approximate surface area is 282 Å². The molecule has 8 heteroatoms. The van der Waals surface area contributed by atoms with Crippen molar-refractivity contribution in [2.24, 2.45) is 34.5 Å². The summed E-state index contributed by atoms with van der Waals surface area (Å²) in [5.41, 5.74) is 4.62. The highest BCUT2D eigenvalue weighted by atomic mass is 16.6. The van der Waals surface area contributed by atoms with Crippen LogP contribution in [-0.4, -0.2) is 45.8 Å². The standard InChI is InChI=1S/C39H55N5O3/c1-14-18-43(19-15-2)37(45)47-36-32(40-12)30(23-39(11)28(20-24(3)4)21-25(5)22-31(39)38(8,9)10)35-41-34(42-44(35)36)29-17-16-26(6)27(7)33(29)46-13/h14-17,24-25,28,31H,1-2,18-23H2,3-11,13H3,(H,41,42). The molecule has 1 N–H and O–H groups in total. The van der Waals surface area contributed by atoms with Gasteiger partial charge in [0.1, 0.15) is 11.4 Å². The predicted molar refractivity (Wildman–Crippen MR) is 191 cm³/mol. The smallest absolute Gasteiger partial charge is 0.416 e. The Balaban J connectivity index is 1.99. The maximum Gasteiger partial charge on any atom is 0.416 e. The SMILES string of the molecule is [C-]#[N+]c1c(CC2(C)C(CC(C)C)CC(C)CC2C(C)(C)C)c2nc(-c3ccc(C)c(C)c3OC)[nH]n2c1OC(=O)N(CC=C)CC=C. The lowest BCUT2D eigenvalue weighted by Crippen LogP contribution is -2.48. The summed E-state index contributed by atoms with van der Waals surface area (Å²) >= 11 is 0. The Hall–Kier alpha value is -3.99. The van der Waals surface area contributed by atoms with E-state index in [0.29, 0.717) is 47.3 Å². The number of benzene rings is 1. The molecule has 1 saturated carbocycles. The van der Waals surface area contributed by atoms with Crippen molar-refractivity contribution in [1.82, 2.24) is 19.5 Å². The minimum absolute atomic E-state index is 0.0600. The second-order valence-corrected chi connectivity index (χ2v) is 15.4. The topological polar surface area (TPSA) is 76.2 Å². The van der Waals surface area contributed by atoms with E-state index in [1.165, 1.54) is 4.90 Å². The van der Waals surface area contributed by atoms with Crippen molar-refractivity contribution in [3.8, 4) is 23.0 Å².